The fourth-order valence-electron chi connectivity index (χ4n) is 3.22. The highest BCUT2D eigenvalue weighted by atomic mass is 32.2. The summed E-state index contributed by atoms with van der Waals surface area (Å²) in [5, 5.41) is 0. The molecule has 2 heterocycles. The number of rotatable bonds is 8. The Labute approximate surface area is 163 Å². The van der Waals surface area contributed by atoms with E-state index in [1.807, 2.05) is 17.0 Å². The van der Waals surface area contributed by atoms with Crippen LogP contribution in [0.3, 0.4) is 0 Å². The summed E-state index contributed by atoms with van der Waals surface area (Å²) in [5.74, 6) is 2.61. The minimum atomic E-state index is -3.55. The number of amides is 1. The van der Waals surface area contributed by atoms with E-state index in [4.69, 9.17) is 4.42 Å². The summed E-state index contributed by atoms with van der Waals surface area (Å²) >= 11 is 1.61. The molecule has 0 bridgehead atoms. The molecule has 27 heavy (non-hydrogen) atoms. The third kappa shape index (κ3) is 4.23. The number of hydrogen-bond donors (Lipinski definition) is 1. The largest absolute Gasteiger partial charge is 0.468 e. The molecule has 1 N–H and O–H groups in total. The average Bonchev–Trinajstić information content (AvgIpc) is 3.21. The van der Waals surface area contributed by atoms with Crippen LogP contribution in [-0.4, -0.2) is 33.2 Å². The lowest BCUT2D eigenvalue weighted by atomic mass is 10.2. The van der Waals surface area contributed by atoms with Gasteiger partial charge in [-0.25, -0.2) is 13.1 Å². The van der Waals surface area contributed by atoms with Gasteiger partial charge in [0.1, 0.15) is 5.76 Å². The third-order valence-electron chi connectivity index (χ3n) is 4.81. The summed E-state index contributed by atoms with van der Waals surface area (Å²) in [7, 11) is -3.55. The molecule has 2 aliphatic rings. The van der Waals surface area contributed by atoms with Gasteiger partial charge in [-0.2, -0.15) is 11.8 Å². The number of carbonyl (C=O) groups is 1. The maximum absolute atomic E-state index is 12.5. The fraction of sp³-hybridized carbons (Fsp3) is 0.421. The molecule has 0 saturated heterocycles. The van der Waals surface area contributed by atoms with Gasteiger partial charge in [0.25, 0.3) is 0 Å². The predicted molar refractivity (Wildman–Crippen MR) is 105 cm³/mol. The predicted octanol–water partition coefficient (Wildman–Crippen LogP) is 2.79. The fourth-order valence-corrected chi connectivity index (χ4v) is 5.19. The second kappa shape index (κ2) is 7.69. The number of nitrogens with zero attached hydrogens (tertiary/aromatic N) is 1. The van der Waals surface area contributed by atoms with Crippen molar-refractivity contribution >= 4 is 33.4 Å². The van der Waals surface area contributed by atoms with E-state index in [2.05, 4.69) is 4.72 Å². The van der Waals surface area contributed by atoms with E-state index in [0.29, 0.717) is 25.3 Å². The maximum atomic E-state index is 12.5. The number of thioether (sulfide) groups is 1. The molecule has 1 aliphatic heterocycles. The highest BCUT2D eigenvalue weighted by molar-refractivity contribution is 7.98. The first kappa shape index (κ1) is 18.6. The number of benzene rings is 1. The Balaban J connectivity index is 1.34. The topological polar surface area (TPSA) is 79.6 Å². The molecule has 1 aromatic carbocycles. The van der Waals surface area contributed by atoms with Gasteiger partial charge in [-0.15, -0.1) is 0 Å². The van der Waals surface area contributed by atoms with Crippen LogP contribution in [0.2, 0.25) is 0 Å². The van der Waals surface area contributed by atoms with Gasteiger partial charge in [-0.3, -0.25) is 4.79 Å². The molecule has 4 rings (SSSR count). The van der Waals surface area contributed by atoms with Crippen molar-refractivity contribution in [3.8, 4) is 0 Å². The molecule has 144 valence electrons. The minimum Gasteiger partial charge on any atom is -0.468 e. The highest BCUT2D eigenvalue weighted by Gasteiger charge is 2.36. The summed E-state index contributed by atoms with van der Waals surface area (Å²) < 4.78 is 33.0. The minimum absolute atomic E-state index is 0.166. The monoisotopic (exact) mass is 406 g/mol. The Bertz CT molecular complexity index is 921. The van der Waals surface area contributed by atoms with Crippen LogP contribution in [0, 0.1) is 5.92 Å². The molecule has 1 amide bonds. The summed E-state index contributed by atoms with van der Waals surface area (Å²) in [6, 6.07) is 8.80. The number of furan rings is 1. The number of hydrogen-bond acceptors (Lipinski definition) is 5. The zero-order chi connectivity index (χ0) is 18.9. The van der Waals surface area contributed by atoms with Gasteiger partial charge in [-0.1, -0.05) is 0 Å². The van der Waals surface area contributed by atoms with E-state index in [-0.39, 0.29) is 16.7 Å². The first-order chi connectivity index (χ1) is 13.0. The van der Waals surface area contributed by atoms with E-state index in [0.717, 1.165) is 35.6 Å². The van der Waals surface area contributed by atoms with Crippen molar-refractivity contribution < 1.29 is 17.6 Å². The molecule has 6 nitrogen and oxygen atoms in total. The molecule has 1 saturated carbocycles. The van der Waals surface area contributed by atoms with Crippen molar-refractivity contribution in [3.05, 3.63) is 47.9 Å². The van der Waals surface area contributed by atoms with Crippen LogP contribution < -0.4 is 9.62 Å². The highest BCUT2D eigenvalue weighted by Crippen LogP contribution is 2.37. The SMILES string of the molecule is O=C(C1CC1)N1CCc2cc(S(=O)(=O)NCCSCc3ccco3)ccc21. The summed E-state index contributed by atoms with van der Waals surface area (Å²) in [6.45, 7) is 1.00. The van der Waals surface area contributed by atoms with Gasteiger partial charge in [0, 0.05) is 30.4 Å². The number of anilines is 1. The van der Waals surface area contributed by atoms with Crippen LogP contribution in [0.15, 0.2) is 45.9 Å². The molecule has 1 aromatic heterocycles. The summed E-state index contributed by atoms with van der Waals surface area (Å²) in [4.78, 5) is 14.4. The number of nitrogens with one attached hydrogen (secondary N) is 1. The van der Waals surface area contributed by atoms with Gasteiger partial charge in [0.2, 0.25) is 15.9 Å². The Kier molecular flexibility index (Phi) is 5.29. The molecule has 2 aromatic rings. The van der Waals surface area contributed by atoms with Gasteiger partial charge in [0.15, 0.2) is 0 Å². The van der Waals surface area contributed by atoms with Crippen LogP contribution in [-0.2, 0) is 27.0 Å². The smallest absolute Gasteiger partial charge is 0.240 e. The van der Waals surface area contributed by atoms with E-state index in [1.165, 1.54) is 0 Å². The Morgan fingerprint density at radius 1 is 1.30 bits per heavy atom. The zero-order valence-corrected chi connectivity index (χ0v) is 16.5. The van der Waals surface area contributed by atoms with Gasteiger partial charge < -0.3 is 9.32 Å². The lowest BCUT2D eigenvalue weighted by molar-refractivity contribution is -0.119. The van der Waals surface area contributed by atoms with Crippen molar-refractivity contribution in [2.45, 2.75) is 29.9 Å². The van der Waals surface area contributed by atoms with E-state index in [1.54, 1.807) is 36.2 Å². The first-order valence-electron chi connectivity index (χ1n) is 9.09. The number of sulfonamides is 1. The quantitative estimate of drug-likeness (QED) is 0.682. The first-order valence-corrected chi connectivity index (χ1v) is 11.7. The van der Waals surface area contributed by atoms with Crippen molar-refractivity contribution in [1.82, 2.24) is 4.72 Å². The Hall–Kier alpha value is -1.77. The van der Waals surface area contributed by atoms with Gasteiger partial charge in [0.05, 0.1) is 16.9 Å². The van der Waals surface area contributed by atoms with Crippen LogP contribution >= 0.6 is 11.8 Å². The molecular formula is C19H22N2O4S2. The summed E-state index contributed by atoms with van der Waals surface area (Å²) in [6.07, 6.45) is 4.28. The number of carbonyl (C=O) groups excluding carboxylic acids is 1. The van der Waals surface area contributed by atoms with E-state index >= 15 is 0 Å². The van der Waals surface area contributed by atoms with Crippen molar-refractivity contribution in [1.29, 1.82) is 0 Å². The molecular weight excluding hydrogens is 384 g/mol. The lowest BCUT2D eigenvalue weighted by Crippen LogP contribution is -2.30. The van der Waals surface area contributed by atoms with Gasteiger partial charge >= 0.3 is 0 Å². The maximum Gasteiger partial charge on any atom is 0.240 e. The Morgan fingerprint density at radius 2 is 2.15 bits per heavy atom. The Morgan fingerprint density at radius 3 is 2.89 bits per heavy atom. The standard InChI is InChI=1S/C19H22N2O4S2/c22-19(14-3-4-14)21-9-7-15-12-17(5-6-18(15)21)27(23,24)20-8-11-26-13-16-2-1-10-25-16/h1-2,5-6,10,12,14,20H,3-4,7-9,11,13H2. The number of fused-ring (bicyclic) bond motifs is 1. The van der Waals surface area contributed by atoms with E-state index < -0.39 is 10.0 Å². The second-order valence-corrected chi connectivity index (χ2v) is 9.71. The molecule has 1 aliphatic carbocycles. The van der Waals surface area contributed by atoms with Crippen LogP contribution in [0.25, 0.3) is 0 Å². The van der Waals surface area contributed by atoms with Crippen molar-refractivity contribution in [2.75, 3.05) is 23.7 Å². The van der Waals surface area contributed by atoms with Crippen molar-refractivity contribution in [3.63, 3.8) is 0 Å². The van der Waals surface area contributed by atoms with Crippen LogP contribution in [0.5, 0.6) is 0 Å². The normalized spacial score (nSPS) is 16.5. The van der Waals surface area contributed by atoms with Crippen LogP contribution in [0.1, 0.15) is 24.2 Å². The third-order valence-corrected chi connectivity index (χ3v) is 7.25. The molecule has 0 atom stereocenters. The van der Waals surface area contributed by atoms with Gasteiger partial charge in [-0.05, 0) is 55.2 Å². The molecule has 0 unspecified atom stereocenters. The molecule has 1 fully saturated rings. The second-order valence-electron chi connectivity index (χ2n) is 6.83. The molecule has 0 radical (unpaired) electrons. The zero-order valence-electron chi connectivity index (χ0n) is 14.9. The van der Waals surface area contributed by atoms with Crippen molar-refractivity contribution in [2.24, 2.45) is 5.92 Å². The molecule has 0 spiro atoms. The molecule has 8 heteroatoms. The van der Waals surface area contributed by atoms with Crippen LogP contribution in [0.4, 0.5) is 5.69 Å². The lowest BCUT2D eigenvalue weighted by Gasteiger charge is -2.17. The average molecular weight is 407 g/mol. The summed E-state index contributed by atoms with van der Waals surface area (Å²) in [5.41, 5.74) is 1.79. The van der Waals surface area contributed by atoms with E-state index in [9.17, 15) is 13.2 Å².